The third kappa shape index (κ3) is 0.606. The Labute approximate surface area is 81.5 Å². The summed E-state index contributed by atoms with van der Waals surface area (Å²) in [6.07, 6.45) is 5.59. The summed E-state index contributed by atoms with van der Waals surface area (Å²) >= 11 is 0. The molecule has 1 N–H and O–H groups in total. The van der Waals surface area contributed by atoms with Crippen molar-refractivity contribution in [1.82, 2.24) is 5.32 Å². The van der Waals surface area contributed by atoms with Crippen molar-refractivity contribution in [2.24, 2.45) is 35.5 Å². The molecular formula is C11H11NO2. The monoisotopic (exact) mass is 189 g/mol. The Morgan fingerprint density at radius 2 is 1.50 bits per heavy atom. The predicted octanol–water partition coefficient (Wildman–Crippen LogP) is 0.327. The molecule has 5 rings (SSSR count). The maximum absolute atomic E-state index is 11.6. The lowest BCUT2D eigenvalue weighted by Crippen LogP contribution is -2.40. The van der Waals surface area contributed by atoms with Crippen LogP contribution >= 0.6 is 0 Å². The molecule has 0 radical (unpaired) electrons. The highest BCUT2D eigenvalue weighted by Crippen LogP contribution is 2.64. The standard InChI is InChI=1S/C11H11NO2/c13-10-8-4-1-2-5(7-3-6(4)7)9(8)11(14)12-10/h1-2,4-9H,3H2,(H,12,13,14)/t4-,5-,6-,7+,8+,9+/m0/s1. The minimum Gasteiger partial charge on any atom is -0.296 e. The molecule has 2 saturated carbocycles. The van der Waals surface area contributed by atoms with E-state index in [4.69, 9.17) is 0 Å². The number of carbonyl (C=O) groups excluding carboxylic acids is 2. The Bertz CT molecular complexity index is 353. The molecule has 0 aromatic heterocycles. The molecule has 3 fully saturated rings. The molecule has 1 saturated heterocycles. The molecule has 2 bridgehead atoms. The molecule has 3 heteroatoms. The molecule has 0 spiro atoms. The fourth-order valence-electron chi connectivity index (χ4n) is 3.88. The van der Waals surface area contributed by atoms with Gasteiger partial charge in [0.05, 0.1) is 11.8 Å². The zero-order chi connectivity index (χ0) is 9.45. The normalized spacial score (nSPS) is 56.9. The second-order valence-electron chi connectivity index (χ2n) is 5.01. The molecule has 2 amide bonds. The highest BCUT2D eigenvalue weighted by atomic mass is 16.2. The van der Waals surface area contributed by atoms with E-state index in [1.54, 1.807) is 0 Å². The number of hydrogen-bond acceptors (Lipinski definition) is 2. The summed E-state index contributed by atoms with van der Waals surface area (Å²) in [6, 6.07) is 0. The van der Waals surface area contributed by atoms with E-state index in [0.29, 0.717) is 23.7 Å². The number of carbonyl (C=O) groups is 2. The Morgan fingerprint density at radius 3 is 2.00 bits per heavy atom. The smallest absolute Gasteiger partial charge is 0.231 e. The van der Waals surface area contributed by atoms with Crippen LogP contribution in [0.25, 0.3) is 0 Å². The van der Waals surface area contributed by atoms with E-state index in [9.17, 15) is 9.59 Å². The van der Waals surface area contributed by atoms with Gasteiger partial charge in [-0.15, -0.1) is 0 Å². The van der Waals surface area contributed by atoms with Crippen molar-refractivity contribution < 1.29 is 9.59 Å². The van der Waals surface area contributed by atoms with Gasteiger partial charge < -0.3 is 0 Å². The summed E-state index contributed by atoms with van der Waals surface area (Å²) in [5, 5.41) is 2.48. The van der Waals surface area contributed by atoms with Gasteiger partial charge in [-0.25, -0.2) is 0 Å². The van der Waals surface area contributed by atoms with Gasteiger partial charge in [0, 0.05) is 0 Å². The van der Waals surface area contributed by atoms with Gasteiger partial charge in [-0.1, -0.05) is 12.2 Å². The molecule has 0 aromatic carbocycles. The van der Waals surface area contributed by atoms with Gasteiger partial charge in [0.2, 0.25) is 11.8 Å². The molecule has 0 unspecified atom stereocenters. The van der Waals surface area contributed by atoms with Crippen LogP contribution in [0.4, 0.5) is 0 Å². The van der Waals surface area contributed by atoms with Crippen molar-refractivity contribution in [2.75, 3.05) is 0 Å². The van der Waals surface area contributed by atoms with Crippen molar-refractivity contribution in [2.45, 2.75) is 6.42 Å². The van der Waals surface area contributed by atoms with Crippen LogP contribution in [0.5, 0.6) is 0 Å². The average molecular weight is 189 g/mol. The van der Waals surface area contributed by atoms with Crippen LogP contribution in [0, 0.1) is 35.5 Å². The third-order valence-corrected chi connectivity index (χ3v) is 4.50. The maximum atomic E-state index is 11.6. The molecule has 0 aromatic rings. The van der Waals surface area contributed by atoms with E-state index in [2.05, 4.69) is 17.5 Å². The molecule has 3 nitrogen and oxygen atoms in total. The van der Waals surface area contributed by atoms with E-state index >= 15 is 0 Å². The van der Waals surface area contributed by atoms with Crippen LogP contribution in [0.1, 0.15) is 6.42 Å². The topological polar surface area (TPSA) is 46.2 Å². The zero-order valence-electron chi connectivity index (χ0n) is 7.64. The molecular weight excluding hydrogens is 178 g/mol. The van der Waals surface area contributed by atoms with Crippen molar-refractivity contribution in [3.8, 4) is 0 Å². The Kier molecular flexibility index (Phi) is 1.00. The maximum Gasteiger partial charge on any atom is 0.231 e. The van der Waals surface area contributed by atoms with Gasteiger partial charge in [0.25, 0.3) is 0 Å². The fourth-order valence-corrected chi connectivity index (χ4v) is 3.88. The second-order valence-corrected chi connectivity index (χ2v) is 5.01. The lowest BCUT2D eigenvalue weighted by molar-refractivity contribution is -0.126. The third-order valence-electron chi connectivity index (χ3n) is 4.50. The minimum absolute atomic E-state index is 0.0234. The molecule has 1 aliphatic heterocycles. The Balaban J connectivity index is 1.88. The number of imide groups is 1. The highest BCUT2D eigenvalue weighted by Gasteiger charge is 2.65. The summed E-state index contributed by atoms with van der Waals surface area (Å²) in [6.45, 7) is 0. The van der Waals surface area contributed by atoms with Crippen LogP contribution < -0.4 is 5.32 Å². The first-order valence-corrected chi connectivity index (χ1v) is 5.30. The van der Waals surface area contributed by atoms with E-state index in [1.807, 2.05) is 0 Å². The minimum atomic E-state index is -0.0266. The second kappa shape index (κ2) is 1.95. The van der Waals surface area contributed by atoms with Gasteiger partial charge in [-0.2, -0.15) is 0 Å². The van der Waals surface area contributed by atoms with Gasteiger partial charge in [0.15, 0.2) is 0 Å². The van der Waals surface area contributed by atoms with Gasteiger partial charge >= 0.3 is 0 Å². The van der Waals surface area contributed by atoms with Crippen molar-refractivity contribution in [3.05, 3.63) is 12.2 Å². The first kappa shape index (κ1) is 7.21. The number of rotatable bonds is 0. The molecule has 5 aliphatic rings. The molecule has 14 heavy (non-hydrogen) atoms. The van der Waals surface area contributed by atoms with E-state index in [0.717, 1.165) is 0 Å². The van der Waals surface area contributed by atoms with Crippen molar-refractivity contribution >= 4 is 11.8 Å². The van der Waals surface area contributed by atoms with Crippen LogP contribution in [-0.2, 0) is 9.59 Å². The van der Waals surface area contributed by atoms with Crippen LogP contribution in [-0.4, -0.2) is 11.8 Å². The summed E-state index contributed by atoms with van der Waals surface area (Å²) in [5.74, 6) is 2.05. The van der Waals surface area contributed by atoms with Gasteiger partial charge in [0.1, 0.15) is 0 Å². The Morgan fingerprint density at radius 1 is 1.00 bits per heavy atom. The zero-order valence-corrected chi connectivity index (χ0v) is 7.64. The molecule has 4 aliphatic carbocycles. The van der Waals surface area contributed by atoms with Gasteiger partial charge in [-0.05, 0) is 30.1 Å². The molecule has 1 heterocycles. The number of hydrogen-bond donors (Lipinski definition) is 1. The van der Waals surface area contributed by atoms with Crippen LogP contribution in [0.3, 0.4) is 0 Å². The average Bonchev–Trinajstić information content (AvgIpc) is 2.92. The lowest BCUT2D eigenvalue weighted by Gasteiger charge is -2.37. The van der Waals surface area contributed by atoms with Crippen molar-refractivity contribution in [1.29, 1.82) is 0 Å². The van der Waals surface area contributed by atoms with E-state index in [1.165, 1.54) is 6.42 Å². The molecule has 6 atom stereocenters. The fraction of sp³-hybridized carbons (Fsp3) is 0.636. The number of allylic oxidation sites excluding steroid dienone is 2. The van der Waals surface area contributed by atoms with Gasteiger partial charge in [-0.3, -0.25) is 14.9 Å². The first-order chi connectivity index (χ1) is 6.77. The first-order valence-electron chi connectivity index (χ1n) is 5.30. The summed E-state index contributed by atoms with van der Waals surface area (Å²) in [5.41, 5.74) is 0. The van der Waals surface area contributed by atoms with Crippen LogP contribution in [0.15, 0.2) is 12.2 Å². The van der Waals surface area contributed by atoms with E-state index < -0.39 is 0 Å². The van der Waals surface area contributed by atoms with E-state index in [-0.39, 0.29) is 23.7 Å². The predicted molar refractivity (Wildman–Crippen MR) is 47.8 cm³/mol. The number of amides is 2. The van der Waals surface area contributed by atoms with Crippen LogP contribution in [0.2, 0.25) is 0 Å². The lowest BCUT2D eigenvalue weighted by atomic mass is 9.63. The number of nitrogens with one attached hydrogen (secondary N) is 1. The Hall–Kier alpha value is -1.12. The SMILES string of the molecule is O=C1NC(=O)[C@@H]2[C@H]3C=C[C@@H]([C@H]4C[C@@H]34)[C@@H]12. The summed E-state index contributed by atoms with van der Waals surface area (Å²) in [7, 11) is 0. The highest BCUT2D eigenvalue weighted by molar-refractivity contribution is 6.06. The quantitative estimate of drug-likeness (QED) is 0.441. The summed E-state index contributed by atoms with van der Waals surface area (Å²) < 4.78 is 0. The largest absolute Gasteiger partial charge is 0.296 e. The summed E-state index contributed by atoms with van der Waals surface area (Å²) in [4.78, 5) is 23.2. The molecule has 72 valence electrons. The van der Waals surface area contributed by atoms with Crippen molar-refractivity contribution in [3.63, 3.8) is 0 Å².